The predicted octanol–water partition coefficient (Wildman–Crippen LogP) is 0.272. The number of esters is 2. The van der Waals surface area contributed by atoms with E-state index in [2.05, 4.69) is 10.1 Å². The van der Waals surface area contributed by atoms with Gasteiger partial charge in [0, 0.05) is 18.5 Å². The molecule has 7 heteroatoms. The number of ether oxygens (including phenoxy) is 2. The first-order chi connectivity index (χ1) is 14.0. The quantitative estimate of drug-likeness (QED) is 0.684. The lowest BCUT2D eigenvalue weighted by Crippen LogP contribution is -3.17. The summed E-state index contributed by atoms with van der Waals surface area (Å²) in [6.45, 7) is 1.11. The summed E-state index contributed by atoms with van der Waals surface area (Å²) in [5.41, 5.74) is 3.60. The third-order valence-electron chi connectivity index (χ3n) is 5.19. The van der Waals surface area contributed by atoms with E-state index in [9.17, 15) is 14.4 Å². The van der Waals surface area contributed by atoms with Crippen molar-refractivity contribution in [2.75, 3.05) is 20.8 Å². The molecule has 7 nitrogen and oxygen atoms in total. The van der Waals surface area contributed by atoms with Gasteiger partial charge in [0.1, 0.15) is 6.54 Å². The van der Waals surface area contributed by atoms with Crippen LogP contribution in [0, 0.1) is 0 Å². The zero-order valence-corrected chi connectivity index (χ0v) is 16.6. The molecule has 1 aliphatic heterocycles. The van der Waals surface area contributed by atoms with Crippen LogP contribution >= 0.6 is 0 Å². The van der Waals surface area contributed by atoms with Crippen molar-refractivity contribution >= 4 is 17.8 Å². The molecule has 29 heavy (non-hydrogen) atoms. The monoisotopic (exact) mass is 397 g/mol. The van der Waals surface area contributed by atoms with Crippen LogP contribution in [0.25, 0.3) is 0 Å². The van der Waals surface area contributed by atoms with Gasteiger partial charge in [-0.05, 0) is 23.3 Å². The fourth-order valence-electron chi connectivity index (χ4n) is 3.59. The second kappa shape index (κ2) is 9.34. The summed E-state index contributed by atoms with van der Waals surface area (Å²) in [6.07, 6.45) is 0.556. The summed E-state index contributed by atoms with van der Waals surface area (Å²) < 4.78 is 9.63. The largest absolute Gasteiger partial charge is 0.465 e. The molecule has 1 unspecified atom stereocenters. The minimum atomic E-state index is -0.403. The minimum absolute atomic E-state index is 0.148. The summed E-state index contributed by atoms with van der Waals surface area (Å²) >= 11 is 0. The average molecular weight is 397 g/mol. The van der Waals surface area contributed by atoms with Crippen LogP contribution in [0.5, 0.6) is 0 Å². The third kappa shape index (κ3) is 5.00. The van der Waals surface area contributed by atoms with Gasteiger partial charge >= 0.3 is 11.9 Å². The SMILES string of the molecule is COC(=O)c1ccc(CNC(=O)C[NH+]2Cc3ccccc3C[C@H]2C(=O)OC)cc1. The van der Waals surface area contributed by atoms with E-state index in [1.807, 2.05) is 24.3 Å². The zero-order valence-electron chi connectivity index (χ0n) is 16.6. The minimum Gasteiger partial charge on any atom is -0.465 e. The van der Waals surface area contributed by atoms with Gasteiger partial charge in [-0.3, -0.25) is 4.79 Å². The maximum atomic E-state index is 12.5. The van der Waals surface area contributed by atoms with E-state index in [0.29, 0.717) is 25.1 Å². The lowest BCUT2D eigenvalue weighted by atomic mass is 9.94. The number of benzene rings is 2. The van der Waals surface area contributed by atoms with Gasteiger partial charge in [0.05, 0.1) is 19.8 Å². The Balaban J connectivity index is 1.61. The van der Waals surface area contributed by atoms with E-state index < -0.39 is 12.0 Å². The Morgan fingerprint density at radius 2 is 1.69 bits per heavy atom. The second-order valence-electron chi connectivity index (χ2n) is 7.03. The molecule has 3 rings (SSSR count). The molecule has 1 aliphatic rings. The van der Waals surface area contributed by atoms with Crippen molar-refractivity contribution in [3.8, 4) is 0 Å². The summed E-state index contributed by atoms with van der Waals surface area (Å²) in [7, 11) is 2.71. The molecule has 1 heterocycles. The van der Waals surface area contributed by atoms with E-state index in [0.717, 1.165) is 21.6 Å². The number of hydrogen-bond donors (Lipinski definition) is 2. The number of nitrogens with one attached hydrogen (secondary N) is 2. The van der Waals surface area contributed by atoms with Gasteiger partial charge in [-0.1, -0.05) is 36.4 Å². The summed E-state index contributed by atoms with van der Waals surface area (Å²) in [6, 6.07) is 14.4. The molecule has 2 N–H and O–H groups in total. The number of carbonyl (C=O) groups excluding carboxylic acids is 3. The van der Waals surface area contributed by atoms with Crippen LogP contribution in [0.4, 0.5) is 0 Å². The van der Waals surface area contributed by atoms with Crippen molar-refractivity contribution in [2.24, 2.45) is 0 Å². The summed E-state index contributed by atoms with van der Waals surface area (Å²) in [5, 5.41) is 2.88. The topological polar surface area (TPSA) is 86.1 Å². The van der Waals surface area contributed by atoms with E-state index in [-0.39, 0.29) is 18.4 Å². The number of fused-ring (bicyclic) bond motifs is 1. The molecular formula is C22H25N2O5+. The van der Waals surface area contributed by atoms with Crippen molar-refractivity contribution in [1.29, 1.82) is 0 Å². The van der Waals surface area contributed by atoms with E-state index in [1.54, 1.807) is 24.3 Å². The van der Waals surface area contributed by atoms with Gasteiger partial charge < -0.3 is 19.7 Å². The molecule has 1 amide bonds. The second-order valence-corrected chi connectivity index (χ2v) is 7.03. The first-order valence-corrected chi connectivity index (χ1v) is 9.45. The number of hydrogen-bond acceptors (Lipinski definition) is 5. The Kier molecular flexibility index (Phi) is 6.61. The van der Waals surface area contributed by atoms with Gasteiger partial charge in [0.25, 0.3) is 5.91 Å². The highest BCUT2D eigenvalue weighted by atomic mass is 16.5. The zero-order chi connectivity index (χ0) is 20.8. The number of quaternary nitrogens is 1. The molecule has 0 aliphatic carbocycles. The van der Waals surface area contributed by atoms with E-state index in [1.165, 1.54) is 14.2 Å². The third-order valence-corrected chi connectivity index (χ3v) is 5.19. The molecule has 2 atom stereocenters. The maximum Gasteiger partial charge on any atom is 0.365 e. The average Bonchev–Trinajstić information content (AvgIpc) is 2.76. The lowest BCUT2D eigenvalue weighted by Gasteiger charge is -2.31. The highest BCUT2D eigenvalue weighted by Gasteiger charge is 2.36. The lowest BCUT2D eigenvalue weighted by molar-refractivity contribution is -0.924. The molecule has 0 bridgehead atoms. The fourth-order valence-corrected chi connectivity index (χ4v) is 3.59. The number of rotatable bonds is 6. The van der Waals surface area contributed by atoms with Gasteiger partial charge in [0.2, 0.25) is 0 Å². The molecule has 0 saturated heterocycles. The Morgan fingerprint density at radius 1 is 1.00 bits per heavy atom. The molecule has 0 saturated carbocycles. The van der Waals surface area contributed by atoms with Gasteiger partial charge in [0.15, 0.2) is 12.6 Å². The first kappa shape index (κ1) is 20.5. The van der Waals surface area contributed by atoms with Gasteiger partial charge in [-0.15, -0.1) is 0 Å². The number of carbonyl (C=O) groups is 3. The van der Waals surface area contributed by atoms with Crippen LogP contribution < -0.4 is 10.2 Å². The van der Waals surface area contributed by atoms with Crippen molar-refractivity contribution < 1.29 is 28.8 Å². The summed E-state index contributed by atoms with van der Waals surface area (Å²) in [5.74, 6) is -0.852. The van der Waals surface area contributed by atoms with Crippen molar-refractivity contribution in [3.63, 3.8) is 0 Å². The molecule has 0 radical (unpaired) electrons. The van der Waals surface area contributed by atoms with Crippen LogP contribution in [0.3, 0.4) is 0 Å². The first-order valence-electron chi connectivity index (χ1n) is 9.45. The molecule has 0 fully saturated rings. The smallest absolute Gasteiger partial charge is 0.365 e. The number of amides is 1. The molecule has 0 aromatic heterocycles. The number of methoxy groups -OCH3 is 2. The van der Waals surface area contributed by atoms with Crippen molar-refractivity contribution in [1.82, 2.24) is 5.32 Å². The molecule has 152 valence electrons. The Labute approximate surface area is 169 Å². The Bertz CT molecular complexity index is 894. The van der Waals surface area contributed by atoms with Gasteiger partial charge in [-0.25, -0.2) is 9.59 Å². The van der Waals surface area contributed by atoms with Crippen LogP contribution in [-0.2, 0) is 38.6 Å². The molecule has 2 aromatic rings. The van der Waals surface area contributed by atoms with Crippen LogP contribution in [0.1, 0.15) is 27.0 Å². The molecule has 2 aromatic carbocycles. The molecule has 0 spiro atoms. The molecular weight excluding hydrogens is 372 g/mol. The standard InChI is InChI=1S/C22H24N2O5/c1-28-21(26)16-9-7-15(8-10-16)12-23-20(25)14-24-13-18-6-4-3-5-17(18)11-19(24)22(27)29-2/h3-10,19H,11-14H2,1-2H3,(H,23,25)/p+1/t19-/m0/s1. The fraction of sp³-hybridized carbons (Fsp3) is 0.318. The normalized spacial score (nSPS) is 17.7. The summed E-state index contributed by atoms with van der Waals surface area (Å²) in [4.78, 5) is 37.1. The van der Waals surface area contributed by atoms with Crippen LogP contribution in [0.15, 0.2) is 48.5 Å². The van der Waals surface area contributed by atoms with Gasteiger partial charge in [-0.2, -0.15) is 0 Å². The Morgan fingerprint density at radius 3 is 2.34 bits per heavy atom. The van der Waals surface area contributed by atoms with Crippen LogP contribution in [-0.4, -0.2) is 44.7 Å². The van der Waals surface area contributed by atoms with Crippen molar-refractivity contribution in [3.05, 3.63) is 70.8 Å². The van der Waals surface area contributed by atoms with Crippen molar-refractivity contribution in [2.45, 2.75) is 25.6 Å². The van der Waals surface area contributed by atoms with E-state index >= 15 is 0 Å². The highest BCUT2D eigenvalue weighted by molar-refractivity contribution is 5.89. The maximum absolute atomic E-state index is 12.5. The van der Waals surface area contributed by atoms with Crippen LogP contribution in [0.2, 0.25) is 0 Å². The predicted molar refractivity (Wildman–Crippen MR) is 105 cm³/mol. The highest BCUT2D eigenvalue weighted by Crippen LogP contribution is 2.14. The Hall–Kier alpha value is -3.19. The van der Waals surface area contributed by atoms with E-state index in [4.69, 9.17) is 4.74 Å².